The molecule has 1 amide bonds. The van der Waals surface area contributed by atoms with E-state index in [1.54, 1.807) is 28.8 Å². The number of hydrogen-bond donors (Lipinski definition) is 1. The van der Waals surface area contributed by atoms with Crippen LogP contribution in [0.15, 0.2) is 53.5 Å². The summed E-state index contributed by atoms with van der Waals surface area (Å²) in [5.74, 6) is -0.420. The van der Waals surface area contributed by atoms with E-state index in [-0.39, 0.29) is 5.56 Å². The van der Waals surface area contributed by atoms with E-state index in [0.29, 0.717) is 23.8 Å². The van der Waals surface area contributed by atoms with Gasteiger partial charge in [0.1, 0.15) is 5.65 Å². The summed E-state index contributed by atoms with van der Waals surface area (Å²) in [5, 5.41) is 0. The van der Waals surface area contributed by atoms with Gasteiger partial charge in [-0.1, -0.05) is 18.2 Å². The van der Waals surface area contributed by atoms with Crippen LogP contribution in [0, 0.1) is 6.92 Å². The van der Waals surface area contributed by atoms with Gasteiger partial charge in [0.15, 0.2) is 0 Å². The number of pyridine rings is 1. The lowest BCUT2D eigenvalue weighted by Gasteiger charge is -2.22. The topological polar surface area (TPSA) is 80.7 Å². The fourth-order valence-corrected chi connectivity index (χ4v) is 3.36. The SMILES string of the molecule is Cc1cccn2c(=O)cc(CN(Cc3ccc(C(N)=O)cc3)C3CC3)nc12. The van der Waals surface area contributed by atoms with Crippen molar-refractivity contribution >= 4 is 11.6 Å². The first kappa shape index (κ1) is 17.4. The van der Waals surface area contributed by atoms with Crippen LogP contribution >= 0.6 is 0 Å². The van der Waals surface area contributed by atoms with E-state index in [2.05, 4.69) is 4.90 Å². The van der Waals surface area contributed by atoms with Crippen molar-refractivity contribution in [2.75, 3.05) is 0 Å². The summed E-state index contributed by atoms with van der Waals surface area (Å²) < 4.78 is 1.59. The second-order valence-corrected chi connectivity index (χ2v) is 7.17. The Kier molecular flexibility index (Phi) is 4.49. The molecular formula is C21H22N4O2. The maximum absolute atomic E-state index is 12.4. The van der Waals surface area contributed by atoms with Gasteiger partial charge in [-0.2, -0.15) is 0 Å². The molecule has 6 nitrogen and oxygen atoms in total. The number of hydrogen-bond acceptors (Lipinski definition) is 4. The van der Waals surface area contributed by atoms with Crippen molar-refractivity contribution in [3.05, 3.63) is 81.4 Å². The van der Waals surface area contributed by atoms with Crippen LogP contribution in [0.3, 0.4) is 0 Å². The Morgan fingerprint density at radius 1 is 1.22 bits per heavy atom. The van der Waals surface area contributed by atoms with Crippen molar-refractivity contribution in [1.29, 1.82) is 0 Å². The van der Waals surface area contributed by atoms with Crippen molar-refractivity contribution < 1.29 is 4.79 Å². The van der Waals surface area contributed by atoms with Gasteiger partial charge in [0.2, 0.25) is 5.91 Å². The zero-order valence-corrected chi connectivity index (χ0v) is 15.3. The standard InChI is InChI=1S/C21H22N4O2/c1-14-3-2-10-25-19(26)11-17(23-21(14)25)13-24(18-8-9-18)12-15-4-6-16(7-5-15)20(22)27/h2-7,10-11,18H,8-9,12-13H2,1H3,(H2,22,27). The summed E-state index contributed by atoms with van der Waals surface area (Å²) in [6.45, 7) is 3.34. The van der Waals surface area contributed by atoms with Crippen molar-refractivity contribution in [3.8, 4) is 0 Å². The highest BCUT2D eigenvalue weighted by atomic mass is 16.1. The van der Waals surface area contributed by atoms with Gasteiger partial charge in [0.25, 0.3) is 5.56 Å². The number of benzene rings is 1. The van der Waals surface area contributed by atoms with Crippen LogP contribution < -0.4 is 11.3 Å². The maximum Gasteiger partial charge on any atom is 0.258 e. The van der Waals surface area contributed by atoms with Gasteiger partial charge >= 0.3 is 0 Å². The molecule has 1 fully saturated rings. The normalized spacial score (nSPS) is 14.0. The van der Waals surface area contributed by atoms with E-state index in [0.717, 1.165) is 36.2 Å². The lowest BCUT2D eigenvalue weighted by Crippen LogP contribution is -2.27. The molecule has 0 spiro atoms. The predicted molar refractivity (Wildman–Crippen MR) is 103 cm³/mol. The number of aromatic nitrogens is 2. The van der Waals surface area contributed by atoms with Gasteiger partial charge < -0.3 is 5.73 Å². The van der Waals surface area contributed by atoms with Gasteiger partial charge in [-0.25, -0.2) is 4.98 Å². The Hall–Kier alpha value is -2.99. The van der Waals surface area contributed by atoms with E-state index in [1.165, 1.54) is 0 Å². The molecule has 2 heterocycles. The molecule has 0 aliphatic heterocycles. The Bertz CT molecular complexity index is 1050. The first-order chi connectivity index (χ1) is 13.0. The van der Waals surface area contributed by atoms with Crippen LogP contribution in [0.2, 0.25) is 0 Å². The zero-order valence-electron chi connectivity index (χ0n) is 15.3. The van der Waals surface area contributed by atoms with Crippen LogP contribution in [0.25, 0.3) is 5.65 Å². The van der Waals surface area contributed by atoms with Crippen LogP contribution in [0.4, 0.5) is 0 Å². The second-order valence-electron chi connectivity index (χ2n) is 7.17. The van der Waals surface area contributed by atoms with E-state index in [9.17, 15) is 9.59 Å². The van der Waals surface area contributed by atoms with Crippen molar-refractivity contribution in [2.24, 2.45) is 5.73 Å². The number of rotatable bonds is 6. The number of fused-ring (bicyclic) bond motifs is 1. The molecule has 0 atom stereocenters. The Labute approximate surface area is 157 Å². The summed E-state index contributed by atoms with van der Waals surface area (Å²) >= 11 is 0. The minimum Gasteiger partial charge on any atom is -0.366 e. The predicted octanol–water partition coefficient (Wildman–Crippen LogP) is 2.27. The third-order valence-electron chi connectivity index (χ3n) is 4.99. The fraction of sp³-hybridized carbons (Fsp3) is 0.286. The molecule has 6 heteroatoms. The molecule has 0 radical (unpaired) electrons. The molecule has 1 aromatic carbocycles. The molecule has 3 aromatic rings. The molecule has 1 saturated carbocycles. The Morgan fingerprint density at radius 2 is 1.96 bits per heavy atom. The molecule has 1 aliphatic carbocycles. The molecule has 1 aliphatic rings. The maximum atomic E-state index is 12.4. The van der Waals surface area contributed by atoms with E-state index < -0.39 is 5.91 Å². The zero-order chi connectivity index (χ0) is 19.0. The molecule has 27 heavy (non-hydrogen) atoms. The first-order valence-corrected chi connectivity index (χ1v) is 9.12. The first-order valence-electron chi connectivity index (χ1n) is 9.12. The van der Waals surface area contributed by atoms with Gasteiger partial charge in [0, 0.05) is 37.0 Å². The highest BCUT2D eigenvalue weighted by Gasteiger charge is 2.29. The van der Waals surface area contributed by atoms with Crippen molar-refractivity contribution in [1.82, 2.24) is 14.3 Å². The van der Waals surface area contributed by atoms with E-state index in [1.807, 2.05) is 31.2 Å². The lowest BCUT2D eigenvalue weighted by atomic mass is 10.1. The molecule has 2 aromatic heterocycles. The molecule has 0 saturated heterocycles. The number of carbonyl (C=O) groups excluding carboxylic acids is 1. The summed E-state index contributed by atoms with van der Waals surface area (Å²) in [6.07, 6.45) is 4.07. The molecule has 138 valence electrons. The second kappa shape index (κ2) is 6.96. The number of nitrogens with zero attached hydrogens (tertiary/aromatic N) is 3. The average molecular weight is 362 g/mol. The Balaban J connectivity index is 1.59. The van der Waals surface area contributed by atoms with Gasteiger partial charge in [-0.3, -0.25) is 18.9 Å². The summed E-state index contributed by atoms with van der Waals surface area (Å²) in [6, 6.07) is 13.3. The van der Waals surface area contributed by atoms with Crippen LogP contribution in [-0.2, 0) is 13.1 Å². The number of primary amides is 1. The van der Waals surface area contributed by atoms with Crippen LogP contribution in [-0.4, -0.2) is 26.2 Å². The monoisotopic (exact) mass is 362 g/mol. The van der Waals surface area contributed by atoms with Crippen molar-refractivity contribution in [3.63, 3.8) is 0 Å². The Morgan fingerprint density at radius 3 is 2.63 bits per heavy atom. The summed E-state index contributed by atoms with van der Waals surface area (Å²) in [7, 11) is 0. The lowest BCUT2D eigenvalue weighted by molar-refractivity contribution is 0.100. The largest absolute Gasteiger partial charge is 0.366 e. The van der Waals surface area contributed by atoms with E-state index >= 15 is 0 Å². The molecule has 2 N–H and O–H groups in total. The number of carbonyl (C=O) groups is 1. The average Bonchev–Trinajstić information content (AvgIpc) is 3.48. The minimum absolute atomic E-state index is 0.0553. The molecular weight excluding hydrogens is 340 g/mol. The van der Waals surface area contributed by atoms with Gasteiger partial charge in [-0.15, -0.1) is 0 Å². The number of aryl methyl sites for hydroxylation is 1. The van der Waals surface area contributed by atoms with Gasteiger partial charge in [-0.05, 0) is 49.1 Å². The van der Waals surface area contributed by atoms with Crippen molar-refractivity contribution in [2.45, 2.75) is 38.9 Å². The number of nitrogens with two attached hydrogens (primary N) is 1. The highest BCUT2D eigenvalue weighted by Crippen LogP contribution is 2.29. The third kappa shape index (κ3) is 3.75. The minimum atomic E-state index is -0.420. The fourth-order valence-electron chi connectivity index (χ4n) is 3.36. The summed E-state index contributed by atoms with van der Waals surface area (Å²) in [4.78, 5) is 30.7. The highest BCUT2D eigenvalue weighted by molar-refractivity contribution is 5.92. The van der Waals surface area contributed by atoms with Crippen LogP contribution in [0.5, 0.6) is 0 Å². The van der Waals surface area contributed by atoms with E-state index in [4.69, 9.17) is 10.7 Å². The summed E-state index contributed by atoms with van der Waals surface area (Å²) in [5.41, 5.74) is 9.35. The molecule has 4 rings (SSSR count). The van der Waals surface area contributed by atoms with Gasteiger partial charge in [0.05, 0.1) is 5.69 Å². The smallest absolute Gasteiger partial charge is 0.258 e. The third-order valence-corrected chi connectivity index (χ3v) is 4.99. The molecule has 0 bridgehead atoms. The van der Waals surface area contributed by atoms with Crippen LogP contribution in [0.1, 0.15) is 40.0 Å². The molecule has 0 unspecified atom stereocenters. The number of amides is 1. The quantitative estimate of drug-likeness (QED) is 0.729.